The number of thioether (sulfide) groups is 1. The zero-order chi connectivity index (χ0) is 19.3. The fourth-order valence-corrected chi connectivity index (χ4v) is 3.42. The molecule has 1 amide bonds. The first-order chi connectivity index (χ1) is 12.3. The number of ether oxygens (including phenoxy) is 1. The van der Waals surface area contributed by atoms with E-state index in [0.29, 0.717) is 29.3 Å². The van der Waals surface area contributed by atoms with Crippen molar-refractivity contribution in [1.82, 2.24) is 14.9 Å². The van der Waals surface area contributed by atoms with E-state index in [1.54, 1.807) is 11.7 Å². The molecular formula is C17H22F3N3O2S. The van der Waals surface area contributed by atoms with Crippen LogP contribution < -0.4 is 5.32 Å². The van der Waals surface area contributed by atoms with Gasteiger partial charge in [0.15, 0.2) is 5.16 Å². The Morgan fingerprint density at radius 3 is 2.77 bits per heavy atom. The van der Waals surface area contributed by atoms with Crippen molar-refractivity contribution in [2.24, 2.45) is 0 Å². The van der Waals surface area contributed by atoms with E-state index in [0.717, 1.165) is 18.6 Å². The number of nitrogens with one attached hydrogen (secondary N) is 1. The Bertz CT molecular complexity index is 762. The van der Waals surface area contributed by atoms with Crippen molar-refractivity contribution in [3.63, 3.8) is 0 Å². The van der Waals surface area contributed by atoms with Gasteiger partial charge < -0.3 is 14.6 Å². The second kappa shape index (κ2) is 8.77. The standard InChI is InChI=1S/C17H22F3N3O2S/c1-4-7-23-14-8-12(17(18,19)20)5-6-13(14)22-16(23)26-10-15(24)21-11(2)9-25-3/h5-6,8,11H,4,7,9-10H2,1-3H3,(H,21,24)/t11-/m0/s1. The molecule has 0 saturated heterocycles. The van der Waals surface area contributed by atoms with E-state index in [9.17, 15) is 18.0 Å². The molecule has 0 aliphatic heterocycles. The summed E-state index contributed by atoms with van der Waals surface area (Å²) in [5.74, 6) is -0.0432. The number of halogens is 3. The number of fused-ring (bicyclic) bond motifs is 1. The molecule has 1 heterocycles. The largest absolute Gasteiger partial charge is 0.416 e. The average Bonchev–Trinajstić information content (AvgIpc) is 2.90. The summed E-state index contributed by atoms with van der Waals surface area (Å²) >= 11 is 1.21. The molecule has 1 aromatic carbocycles. The van der Waals surface area contributed by atoms with Gasteiger partial charge >= 0.3 is 6.18 Å². The van der Waals surface area contributed by atoms with Crippen LogP contribution in [0.4, 0.5) is 13.2 Å². The lowest BCUT2D eigenvalue weighted by molar-refractivity contribution is -0.137. The second-order valence-corrected chi connectivity index (χ2v) is 6.90. The van der Waals surface area contributed by atoms with Gasteiger partial charge in [0, 0.05) is 19.7 Å². The van der Waals surface area contributed by atoms with Crippen LogP contribution in [0.3, 0.4) is 0 Å². The summed E-state index contributed by atoms with van der Waals surface area (Å²) in [6.45, 7) is 4.71. The van der Waals surface area contributed by atoms with Crippen molar-refractivity contribution in [3.8, 4) is 0 Å². The fraction of sp³-hybridized carbons (Fsp3) is 0.529. The molecule has 0 radical (unpaired) electrons. The minimum absolute atomic E-state index is 0.114. The molecule has 2 aromatic rings. The predicted molar refractivity (Wildman–Crippen MR) is 95.2 cm³/mol. The number of benzene rings is 1. The smallest absolute Gasteiger partial charge is 0.383 e. The summed E-state index contributed by atoms with van der Waals surface area (Å²) in [7, 11) is 1.56. The topological polar surface area (TPSA) is 56.2 Å². The number of amides is 1. The highest BCUT2D eigenvalue weighted by Crippen LogP contribution is 2.33. The number of rotatable bonds is 8. The van der Waals surface area contributed by atoms with E-state index in [1.807, 2.05) is 13.8 Å². The first kappa shape index (κ1) is 20.6. The molecule has 0 spiro atoms. The van der Waals surface area contributed by atoms with Gasteiger partial charge in [0.05, 0.1) is 29.0 Å². The van der Waals surface area contributed by atoms with Crippen molar-refractivity contribution in [1.29, 1.82) is 0 Å². The van der Waals surface area contributed by atoms with Gasteiger partial charge in [-0.3, -0.25) is 4.79 Å². The number of aromatic nitrogens is 2. The highest BCUT2D eigenvalue weighted by molar-refractivity contribution is 7.99. The highest BCUT2D eigenvalue weighted by Gasteiger charge is 2.31. The van der Waals surface area contributed by atoms with E-state index in [4.69, 9.17) is 4.74 Å². The number of carbonyl (C=O) groups excluding carboxylic acids is 1. The van der Waals surface area contributed by atoms with Gasteiger partial charge in [-0.15, -0.1) is 0 Å². The maximum atomic E-state index is 13.0. The Hall–Kier alpha value is -1.74. The van der Waals surface area contributed by atoms with Gasteiger partial charge in [-0.25, -0.2) is 4.98 Å². The van der Waals surface area contributed by atoms with Gasteiger partial charge in [-0.2, -0.15) is 13.2 Å². The van der Waals surface area contributed by atoms with Gasteiger partial charge in [-0.1, -0.05) is 18.7 Å². The third-order valence-corrected chi connectivity index (χ3v) is 4.62. The quantitative estimate of drug-likeness (QED) is 0.700. The third kappa shape index (κ3) is 5.14. The summed E-state index contributed by atoms with van der Waals surface area (Å²) in [6.07, 6.45) is -3.66. The van der Waals surface area contributed by atoms with Crippen molar-refractivity contribution in [3.05, 3.63) is 23.8 Å². The molecule has 5 nitrogen and oxygen atoms in total. The minimum atomic E-state index is -4.40. The predicted octanol–water partition coefficient (Wildman–Crippen LogP) is 3.71. The lowest BCUT2D eigenvalue weighted by Crippen LogP contribution is -2.36. The van der Waals surface area contributed by atoms with E-state index in [2.05, 4.69) is 10.3 Å². The van der Waals surface area contributed by atoms with Gasteiger partial charge in [-0.05, 0) is 31.5 Å². The van der Waals surface area contributed by atoms with E-state index in [1.165, 1.54) is 17.8 Å². The van der Waals surface area contributed by atoms with Crippen molar-refractivity contribution >= 4 is 28.7 Å². The molecule has 26 heavy (non-hydrogen) atoms. The first-order valence-corrected chi connectivity index (χ1v) is 9.23. The van der Waals surface area contributed by atoms with E-state index >= 15 is 0 Å². The van der Waals surface area contributed by atoms with Crippen LogP contribution in [0, 0.1) is 0 Å². The van der Waals surface area contributed by atoms with Gasteiger partial charge in [0.2, 0.25) is 5.91 Å². The fourth-order valence-electron chi connectivity index (χ4n) is 2.57. The van der Waals surface area contributed by atoms with Gasteiger partial charge in [0.1, 0.15) is 0 Å². The number of aryl methyl sites for hydroxylation is 1. The molecule has 1 N–H and O–H groups in total. The van der Waals surface area contributed by atoms with Crippen LogP contribution in [0.25, 0.3) is 11.0 Å². The monoisotopic (exact) mass is 389 g/mol. The molecule has 0 aliphatic rings. The Kier molecular flexibility index (Phi) is 6.94. The second-order valence-electron chi connectivity index (χ2n) is 5.96. The van der Waals surface area contributed by atoms with E-state index in [-0.39, 0.29) is 17.7 Å². The summed E-state index contributed by atoms with van der Waals surface area (Å²) in [5.41, 5.74) is 0.212. The molecule has 0 fully saturated rings. The molecule has 1 aromatic heterocycles. The van der Waals surface area contributed by atoms with Crippen molar-refractivity contribution < 1.29 is 22.7 Å². The van der Waals surface area contributed by atoms with Crippen LogP contribution in [-0.2, 0) is 22.3 Å². The minimum Gasteiger partial charge on any atom is -0.383 e. The Morgan fingerprint density at radius 2 is 2.15 bits per heavy atom. The molecule has 9 heteroatoms. The zero-order valence-electron chi connectivity index (χ0n) is 14.9. The summed E-state index contributed by atoms with van der Waals surface area (Å²) in [4.78, 5) is 16.4. The number of methoxy groups -OCH3 is 1. The van der Waals surface area contributed by atoms with E-state index < -0.39 is 11.7 Å². The van der Waals surface area contributed by atoms with Crippen LogP contribution in [0.1, 0.15) is 25.8 Å². The molecule has 1 atom stereocenters. The molecular weight excluding hydrogens is 367 g/mol. The van der Waals surface area contributed by atoms with Crippen LogP contribution in [-0.4, -0.2) is 41.0 Å². The SMILES string of the molecule is CCCn1c(SCC(=O)N[C@@H](C)COC)nc2ccc(C(F)(F)F)cc21. The maximum Gasteiger partial charge on any atom is 0.416 e. The normalized spacial score (nSPS) is 13.2. The van der Waals surface area contributed by atoms with Crippen LogP contribution in [0.15, 0.2) is 23.4 Å². The summed E-state index contributed by atoms with van der Waals surface area (Å²) < 4.78 is 45.6. The number of carbonyl (C=O) groups is 1. The summed E-state index contributed by atoms with van der Waals surface area (Å²) in [5, 5.41) is 3.33. The summed E-state index contributed by atoms with van der Waals surface area (Å²) in [6, 6.07) is 3.40. The number of hydrogen-bond acceptors (Lipinski definition) is 4. The first-order valence-electron chi connectivity index (χ1n) is 8.24. The Labute approximate surface area is 154 Å². The number of imidazole rings is 1. The van der Waals surface area contributed by atoms with Crippen LogP contribution in [0.5, 0.6) is 0 Å². The zero-order valence-corrected chi connectivity index (χ0v) is 15.7. The molecule has 0 bridgehead atoms. The number of hydrogen-bond donors (Lipinski definition) is 1. The van der Waals surface area contributed by atoms with Crippen LogP contribution in [0.2, 0.25) is 0 Å². The van der Waals surface area contributed by atoms with Gasteiger partial charge in [0.25, 0.3) is 0 Å². The maximum absolute atomic E-state index is 13.0. The molecule has 0 saturated carbocycles. The van der Waals surface area contributed by atoms with Crippen molar-refractivity contribution in [2.45, 2.75) is 44.2 Å². The molecule has 2 rings (SSSR count). The number of alkyl halides is 3. The highest BCUT2D eigenvalue weighted by atomic mass is 32.2. The third-order valence-electron chi connectivity index (χ3n) is 3.64. The lowest BCUT2D eigenvalue weighted by Gasteiger charge is -2.13. The lowest BCUT2D eigenvalue weighted by atomic mass is 10.2. The van der Waals surface area contributed by atoms with Crippen LogP contribution >= 0.6 is 11.8 Å². The number of nitrogens with zero attached hydrogens (tertiary/aromatic N) is 2. The Morgan fingerprint density at radius 1 is 1.42 bits per heavy atom. The molecule has 0 aliphatic carbocycles. The average molecular weight is 389 g/mol. The Balaban J connectivity index is 2.21. The van der Waals surface area contributed by atoms with Crippen molar-refractivity contribution in [2.75, 3.05) is 19.5 Å². The molecule has 144 valence electrons. The molecule has 0 unspecified atom stereocenters.